The van der Waals surface area contributed by atoms with Crippen LogP contribution in [0.4, 0.5) is 11.6 Å². The van der Waals surface area contributed by atoms with Crippen molar-refractivity contribution in [3.8, 4) is 0 Å². The highest BCUT2D eigenvalue weighted by atomic mass is 16.5. The van der Waals surface area contributed by atoms with Crippen LogP contribution in [0, 0.1) is 5.41 Å². The van der Waals surface area contributed by atoms with Crippen molar-refractivity contribution in [1.29, 1.82) is 0 Å². The molecule has 0 aliphatic carbocycles. The lowest BCUT2D eigenvalue weighted by molar-refractivity contribution is -0.145. The number of likely N-dealkylation sites (tertiary alicyclic amines) is 1. The number of hydrogen-bond donors (Lipinski definition) is 1. The Balaban J connectivity index is 1.71. The van der Waals surface area contributed by atoms with Gasteiger partial charge in [-0.05, 0) is 33.1 Å². The first-order valence-corrected chi connectivity index (χ1v) is 9.16. The van der Waals surface area contributed by atoms with Crippen LogP contribution in [0.2, 0.25) is 0 Å². The summed E-state index contributed by atoms with van der Waals surface area (Å²) in [5.41, 5.74) is -0.261. The van der Waals surface area contributed by atoms with E-state index in [0.29, 0.717) is 19.2 Å². The summed E-state index contributed by atoms with van der Waals surface area (Å²) >= 11 is 0. The van der Waals surface area contributed by atoms with Gasteiger partial charge in [-0.25, -0.2) is 9.97 Å². The van der Waals surface area contributed by atoms with Gasteiger partial charge < -0.3 is 19.9 Å². The van der Waals surface area contributed by atoms with Gasteiger partial charge in [-0.1, -0.05) is 0 Å². The first-order chi connectivity index (χ1) is 12.0. The van der Waals surface area contributed by atoms with Crippen LogP contribution in [-0.4, -0.2) is 66.7 Å². The first-order valence-electron chi connectivity index (χ1n) is 9.16. The maximum atomic E-state index is 13.0. The topological polar surface area (TPSA) is 70.6 Å². The molecule has 3 heterocycles. The number of nitrogens with zero attached hydrogens (tertiary/aromatic N) is 4. The Morgan fingerprint density at radius 2 is 2.16 bits per heavy atom. The van der Waals surface area contributed by atoms with Gasteiger partial charge in [0, 0.05) is 45.4 Å². The van der Waals surface area contributed by atoms with E-state index >= 15 is 0 Å². The number of piperidine rings is 1. The van der Waals surface area contributed by atoms with E-state index in [0.717, 1.165) is 50.5 Å². The van der Waals surface area contributed by atoms with E-state index in [1.54, 1.807) is 13.4 Å². The van der Waals surface area contributed by atoms with Gasteiger partial charge in [0.15, 0.2) is 0 Å². The predicted octanol–water partition coefficient (Wildman–Crippen LogP) is 1.76. The molecule has 1 spiro atoms. The van der Waals surface area contributed by atoms with E-state index in [9.17, 15) is 4.79 Å². The number of amides is 1. The molecule has 1 atom stereocenters. The van der Waals surface area contributed by atoms with Crippen molar-refractivity contribution in [2.24, 2.45) is 5.41 Å². The Morgan fingerprint density at radius 1 is 1.32 bits per heavy atom. The zero-order valence-electron chi connectivity index (χ0n) is 15.5. The van der Waals surface area contributed by atoms with E-state index in [1.165, 1.54) is 0 Å². The number of ether oxygens (including phenoxy) is 1. The van der Waals surface area contributed by atoms with Crippen LogP contribution < -0.4 is 10.2 Å². The number of rotatable bonds is 6. The molecule has 0 aromatic carbocycles. The van der Waals surface area contributed by atoms with E-state index in [2.05, 4.69) is 34.0 Å². The SMILES string of the molecule is COCCN1CCC[C@]2(CCN(c3cc(NC(C)C)ncn3)C2)C1=O. The van der Waals surface area contributed by atoms with Crippen LogP contribution in [0.25, 0.3) is 0 Å². The monoisotopic (exact) mass is 347 g/mol. The Morgan fingerprint density at radius 3 is 2.92 bits per heavy atom. The molecule has 0 unspecified atom stereocenters. The standard InChI is InChI=1S/C18H29N5O2/c1-14(2)21-15-11-16(20-13-19-15)23-8-6-18(12-23)5-4-7-22(17(18)24)9-10-25-3/h11,13-14H,4-10,12H2,1-3H3,(H,19,20,21)/t18-/m1/s1. The maximum absolute atomic E-state index is 13.0. The molecule has 0 saturated carbocycles. The Bertz CT molecular complexity index is 609. The van der Waals surface area contributed by atoms with Crippen molar-refractivity contribution in [3.63, 3.8) is 0 Å². The third-order valence-corrected chi connectivity index (χ3v) is 5.16. The summed E-state index contributed by atoms with van der Waals surface area (Å²) in [5, 5.41) is 3.31. The highest BCUT2D eigenvalue weighted by Crippen LogP contribution is 2.41. The molecule has 2 aliphatic heterocycles. The molecule has 1 aromatic rings. The van der Waals surface area contributed by atoms with Gasteiger partial charge in [-0.15, -0.1) is 0 Å². The molecule has 25 heavy (non-hydrogen) atoms. The molecule has 7 nitrogen and oxygen atoms in total. The van der Waals surface area contributed by atoms with Crippen molar-refractivity contribution < 1.29 is 9.53 Å². The molecule has 0 bridgehead atoms. The second kappa shape index (κ2) is 7.56. The van der Waals surface area contributed by atoms with Crippen molar-refractivity contribution in [2.45, 2.75) is 39.2 Å². The molecular weight excluding hydrogens is 318 g/mol. The zero-order valence-corrected chi connectivity index (χ0v) is 15.5. The molecule has 0 radical (unpaired) electrons. The normalized spacial score (nSPS) is 23.8. The van der Waals surface area contributed by atoms with Crippen LogP contribution in [0.15, 0.2) is 12.4 Å². The van der Waals surface area contributed by atoms with Crippen LogP contribution in [0.3, 0.4) is 0 Å². The number of carbonyl (C=O) groups is 1. The highest BCUT2D eigenvalue weighted by molar-refractivity contribution is 5.85. The molecule has 2 saturated heterocycles. The van der Waals surface area contributed by atoms with Crippen molar-refractivity contribution in [3.05, 3.63) is 12.4 Å². The fourth-order valence-electron chi connectivity index (χ4n) is 3.91. The van der Waals surface area contributed by atoms with Crippen molar-refractivity contribution in [1.82, 2.24) is 14.9 Å². The highest BCUT2D eigenvalue weighted by Gasteiger charge is 2.48. The largest absolute Gasteiger partial charge is 0.383 e. The van der Waals surface area contributed by atoms with Gasteiger partial charge in [0.2, 0.25) is 5.91 Å². The molecule has 7 heteroatoms. The molecule has 1 amide bonds. The quantitative estimate of drug-likeness (QED) is 0.846. The lowest BCUT2D eigenvalue weighted by atomic mass is 9.78. The Hall–Kier alpha value is -1.89. The fourth-order valence-corrected chi connectivity index (χ4v) is 3.91. The maximum Gasteiger partial charge on any atom is 0.230 e. The van der Waals surface area contributed by atoms with Gasteiger partial charge in [0.1, 0.15) is 18.0 Å². The molecule has 1 N–H and O–H groups in total. The Labute approximate surface area is 149 Å². The summed E-state index contributed by atoms with van der Waals surface area (Å²) < 4.78 is 5.15. The van der Waals surface area contributed by atoms with Crippen molar-refractivity contribution >= 4 is 17.5 Å². The Kier molecular flexibility index (Phi) is 5.42. The van der Waals surface area contributed by atoms with Gasteiger partial charge >= 0.3 is 0 Å². The summed E-state index contributed by atoms with van der Waals surface area (Å²) in [5.74, 6) is 2.02. The minimum Gasteiger partial charge on any atom is -0.383 e. The molecular formula is C18H29N5O2. The minimum absolute atomic E-state index is 0.261. The zero-order chi connectivity index (χ0) is 17.9. The van der Waals surface area contributed by atoms with Crippen LogP contribution in [-0.2, 0) is 9.53 Å². The number of anilines is 2. The predicted molar refractivity (Wildman–Crippen MR) is 97.7 cm³/mol. The minimum atomic E-state index is -0.261. The fraction of sp³-hybridized carbons (Fsp3) is 0.722. The van der Waals surface area contributed by atoms with Gasteiger partial charge in [0.05, 0.1) is 12.0 Å². The number of carbonyl (C=O) groups excluding carboxylic acids is 1. The van der Waals surface area contributed by atoms with E-state index in [-0.39, 0.29) is 11.3 Å². The molecule has 2 aliphatic rings. The summed E-state index contributed by atoms with van der Waals surface area (Å²) in [6.07, 6.45) is 4.52. The molecule has 2 fully saturated rings. The van der Waals surface area contributed by atoms with Gasteiger partial charge in [-0.3, -0.25) is 4.79 Å². The van der Waals surface area contributed by atoms with Crippen LogP contribution >= 0.6 is 0 Å². The van der Waals surface area contributed by atoms with E-state index in [1.807, 2.05) is 11.0 Å². The van der Waals surface area contributed by atoms with E-state index in [4.69, 9.17) is 4.74 Å². The summed E-state index contributed by atoms with van der Waals surface area (Å²) in [6.45, 7) is 7.91. The third-order valence-electron chi connectivity index (χ3n) is 5.16. The summed E-state index contributed by atoms with van der Waals surface area (Å²) in [7, 11) is 1.68. The van der Waals surface area contributed by atoms with Crippen LogP contribution in [0.1, 0.15) is 33.1 Å². The van der Waals surface area contributed by atoms with Gasteiger partial charge in [-0.2, -0.15) is 0 Å². The molecule has 1 aromatic heterocycles. The number of nitrogens with one attached hydrogen (secondary N) is 1. The smallest absolute Gasteiger partial charge is 0.230 e. The average molecular weight is 347 g/mol. The summed E-state index contributed by atoms with van der Waals surface area (Å²) in [4.78, 5) is 26.0. The second-order valence-corrected chi connectivity index (χ2v) is 7.40. The average Bonchev–Trinajstić information content (AvgIpc) is 3.01. The molecule has 3 rings (SSSR count). The third kappa shape index (κ3) is 3.86. The van der Waals surface area contributed by atoms with Crippen molar-refractivity contribution in [2.75, 3.05) is 50.1 Å². The second-order valence-electron chi connectivity index (χ2n) is 7.40. The van der Waals surface area contributed by atoms with E-state index < -0.39 is 0 Å². The lowest BCUT2D eigenvalue weighted by Crippen LogP contribution is -2.51. The molecule has 138 valence electrons. The first kappa shape index (κ1) is 17.9. The van der Waals surface area contributed by atoms with Gasteiger partial charge in [0.25, 0.3) is 0 Å². The number of methoxy groups -OCH3 is 1. The van der Waals surface area contributed by atoms with Crippen LogP contribution in [0.5, 0.6) is 0 Å². The summed E-state index contributed by atoms with van der Waals surface area (Å²) in [6, 6.07) is 2.30. The number of hydrogen-bond acceptors (Lipinski definition) is 6. The lowest BCUT2D eigenvalue weighted by Gasteiger charge is -2.39. The number of aromatic nitrogens is 2.